The van der Waals surface area contributed by atoms with Gasteiger partial charge in [-0.15, -0.1) is 0 Å². The summed E-state index contributed by atoms with van der Waals surface area (Å²) in [4.78, 5) is 0. The molecule has 0 saturated carbocycles. The summed E-state index contributed by atoms with van der Waals surface area (Å²) in [5, 5.41) is 0. The molecule has 0 aliphatic heterocycles. The molecule has 0 aliphatic carbocycles. The molecule has 4 nitrogen and oxygen atoms in total. The van der Waals surface area contributed by atoms with Crippen molar-refractivity contribution in [1.29, 1.82) is 0 Å². The highest BCUT2D eigenvalue weighted by atomic mass is 16.5. The molecule has 0 saturated heterocycles. The molecular weight excluding hydrogens is 376 g/mol. The zero-order valence-corrected chi connectivity index (χ0v) is 17.4. The first-order valence-corrected chi connectivity index (χ1v) is 9.25. The summed E-state index contributed by atoms with van der Waals surface area (Å²) in [5.74, 6) is 15.3. The first-order valence-electron chi connectivity index (χ1n) is 9.25. The Hall–Kier alpha value is -4.02. The van der Waals surface area contributed by atoms with Crippen molar-refractivity contribution in [1.82, 2.24) is 0 Å². The summed E-state index contributed by atoms with van der Waals surface area (Å²) in [6.07, 6.45) is 0. The van der Waals surface area contributed by atoms with Crippen LogP contribution >= 0.6 is 0 Å². The van der Waals surface area contributed by atoms with E-state index in [4.69, 9.17) is 18.9 Å². The van der Waals surface area contributed by atoms with Crippen LogP contribution in [0.15, 0.2) is 60.7 Å². The third kappa shape index (κ3) is 5.07. The first kappa shape index (κ1) is 20.7. The van der Waals surface area contributed by atoms with E-state index in [1.165, 1.54) is 0 Å². The highest BCUT2D eigenvalue weighted by Crippen LogP contribution is 2.28. The molecule has 3 aromatic rings. The van der Waals surface area contributed by atoms with Gasteiger partial charge in [0.1, 0.15) is 0 Å². The SMILES string of the molecule is COc1ccc(C#Cc2ccc(C#Cc3ccc(OC)c(OC)c3)cc2)cc1OC. The highest BCUT2D eigenvalue weighted by molar-refractivity contribution is 5.53. The summed E-state index contributed by atoms with van der Waals surface area (Å²) >= 11 is 0. The van der Waals surface area contributed by atoms with Gasteiger partial charge in [0.25, 0.3) is 0 Å². The molecule has 0 spiro atoms. The summed E-state index contributed by atoms with van der Waals surface area (Å²) in [5.41, 5.74) is 3.51. The van der Waals surface area contributed by atoms with E-state index < -0.39 is 0 Å². The molecule has 3 aromatic carbocycles. The fraction of sp³-hybridized carbons (Fsp3) is 0.154. The van der Waals surface area contributed by atoms with Crippen molar-refractivity contribution in [2.24, 2.45) is 0 Å². The molecule has 3 rings (SSSR count). The van der Waals surface area contributed by atoms with Crippen LogP contribution in [0.4, 0.5) is 0 Å². The molecule has 4 heteroatoms. The average molecular weight is 398 g/mol. The van der Waals surface area contributed by atoms with Crippen LogP contribution in [0.3, 0.4) is 0 Å². The van der Waals surface area contributed by atoms with Gasteiger partial charge in [-0.05, 0) is 60.7 Å². The van der Waals surface area contributed by atoms with Gasteiger partial charge < -0.3 is 18.9 Å². The number of rotatable bonds is 4. The van der Waals surface area contributed by atoms with Crippen LogP contribution in [0, 0.1) is 23.7 Å². The molecule has 0 heterocycles. The van der Waals surface area contributed by atoms with E-state index >= 15 is 0 Å². The van der Waals surface area contributed by atoms with Crippen LogP contribution in [-0.2, 0) is 0 Å². The number of methoxy groups -OCH3 is 4. The Kier molecular flexibility index (Phi) is 6.87. The fourth-order valence-corrected chi connectivity index (χ4v) is 2.75. The van der Waals surface area contributed by atoms with Gasteiger partial charge in [0.05, 0.1) is 28.4 Å². The lowest BCUT2D eigenvalue weighted by Gasteiger charge is -2.06. The van der Waals surface area contributed by atoms with Crippen molar-refractivity contribution in [3.8, 4) is 46.7 Å². The zero-order chi connectivity index (χ0) is 21.3. The van der Waals surface area contributed by atoms with Crippen molar-refractivity contribution in [2.45, 2.75) is 0 Å². The summed E-state index contributed by atoms with van der Waals surface area (Å²) in [7, 11) is 6.44. The predicted molar refractivity (Wildman–Crippen MR) is 117 cm³/mol. The smallest absolute Gasteiger partial charge is 0.161 e. The van der Waals surface area contributed by atoms with E-state index in [-0.39, 0.29) is 0 Å². The second-order valence-electron chi connectivity index (χ2n) is 6.22. The van der Waals surface area contributed by atoms with E-state index in [1.807, 2.05) is 60.7 Å². The predicted octanol–water partition coefficient (Wildman–Crippen LogP) is 4.52. The van der Waals surface area contributed by atoms with Gasteiger partial charge >= 0.3 is 0 Å². The van der Waals surface area contributed by atoms with Crippen molar-refractivity contribution in [3.05, 3.63) is 82.9 Å². The topological polar surface area (TPSA) is 36.9 Å². The maximum absolute atomic E-state index is 5.31. The largest absolute Gasteiger partial charge is 0.493 e. The molecule has 0 bridgehead atoms. The van der Waals surface area contributed by atoms with Crippen molar-refractivity contribution < 1.29 is 18.9 Å². The maximum Gasteiger partial charge on any atom is 0.161 e. The summed E-state index contributed by atoms with van der Waals surface area (Å²) in [6.45, 7) is 0. The molecule has 0 amide bonds. The van der Waals surface area contributed by atoms with Crippen molar-refractivity contribution in [2.75, 3.05) is 28.4 Å². The Morgan fingerprint density at radius 1 is 0.400 bits per heavy atom. The van der Waals surface area contributed by atoms with Gasteiger partial charge in [-0.25, -0.2) is 0 Å². The van der Waals surface area contributed by atoms with Crippen LogP contribution in [0.1, 0.15) is 22.3 Å². The van der Waals surface area contributed by atoms with Gasteiger partial charge in [-0.2, -0.15) is 0 Å². The average Bonchev–Trinajstić information content (AvgIpc) is 2.81. The highest BCUT2D eigenvalue weighted by Gasteiger charge is 2.03. The Morgan fingerprint density at radius 3 is 1.03 bits per heavy atom. The third-order valence-corrected chi connectivity index (χ3v) is 4.35. The van der Waals surface area contributed by atoms with Gasteiger partial charge in [-0.1, -0.05) is 23.7 Å². The zero-order valence-electron chi connectivity index (χ0n) is 17.4. The normalized spacial score (nSPS) is 9.47. The van der Waals surface area contributed by atoms with Crippen LogP contribution in [0.25, 0.3) is 0 Å². The molecule has 0 aromatic heterocycles. The molecule has 0 unspecified atom stereocenters. The number of benzene rings is 3. The maximum atomic E-state index is 5.31. The van der Waals surface area contributed by atoms with Gasteiger partial charge in [0.2, 0.25) is 0 Å². The molecule has 0 radical (unpaired) electrons. The molecular formula is C26H22O4. The van der Waals surface area contributed by atoms with E-state index in [9.17, 15) is 0 Å². The third-order valence-electron chi connectivity index (χ3n) is 4.35. The van der Waals surface area contributed by atoms with Crippen LogP contribution in [0.5, 0.6) is 23.0 Å². The van der Waals surface area contributed by atoms with E-state index in [0.717, 1.165) is 22.3 Å². The van der Waals surface area contributed by atoms with Gasteiger partial charge in [-0.3, -0.25) is 0 Å². The Balaban J connectivity index is 1.74. The lowest BCUT2D eigenvalue weighted by Crippen LogP contribution is -1.90. The van der Waals surface area contributed by atoms with E-state index in [1.54, 1.807) is 28.4 Å². The van der Waals surface area contributed by atoms with Crippen molar-refractivity contribution >= 4 is 0 Å². The molecule has 30 heavy (non-hydrogen) atoms. The number of hydrogen-bond acceptors (Lipinski definition) is 4. The minimum Gasteiger partial charge on any atom is -0.493 e. The monoisotopic (exact) mass is 398 g/mol. The minimum atomic E-state index is 0.657. The second-order valence-corrected chi connectivity index (χ2v) is 6.22. The first-order chi connectivity index (χ1) is 14.7. The van der Waals surface area contributed by atoms with E-state index in [2.05, 4.69) is 23.7 Å². The Morgan fingerprint density at radius 2 is 0.700 bits per heavy atom. The molecule has 0 N–H and O–H groups in total. The molecule has 0 fully saturated rings. The fourth-order valence-electron chi connectivity index (χ4n) is 2.75. The van der Waals surface area contributed by atoms with E-state index in [0.29, 0.717) is 23.0 Å². The second kappa shape index (κ2) is 9.96. The number of hydrogen-bond donors (Lipinski definition) is 0. The van der Waals surface area contributed by atoms with Crippen LogP contribution in [0.2, 0.25) is 0 Å². The van der Waals surface area contributed by atoms with Crippen molar-refractivity contribution in [3.63, 3.8) is 0 Å². The standard InChI is InChI=1S/C26H22O4/c1-27-23-15-13-21(17-25(23)29-3)11-9-19-5-7-20(8-6-19)10-12-22-14-16-24(28-2)26(18-22)30-4/h5-8,13-18H,1-4H3. The minimum absolute atomic E-state index is 0.657. The van der Waals surface area contributed by atoms with Gasteiger partial charge in [0, 0.05) is 22.3 Å². The quantitative estimate of drug-likeness (QED) is 0.606. The van der Waals surface area contributed by atoms with Crippen LogP contribution in [-0.4, -0.2) is 28.4 Å². The molecule has 0 aliphatic rings. The Labute approximate surface area is 177 Å². The lowest BCUT2D eigenvalue weighted by molar-refractivity contribution is 0.355. The lowest BCUT2D eigenvalue weighted by atomic mass is 10.1. The number of ether oxygens (including phenoxy) is 4. The van der Waals surface area contributed by atoms with Gasteiger partial charge in [0.15, 0.2) is 23.0 Å². The van der Waals surface area contributed by atoms with Crippen LogP contribution < -0.4 is 18.9 Å². The summed E-state index contributed by atoms with van der Waals surface area (Å²) in [6, 6.07) is 19.0. The summed E-state index contributed by atoms with van der Waals surface area (Å²) < 4.78 is 21.1. The molecule has 0 atom stereocenters. The molecule has 150 valence electrons. The Bertz CT molecular complexity index is 1050.